The first kappa shape index (κ1) is 10.2. The lowest BCUT2D eigenvalue weighted by molar-refractivity contribution is -0.151. The Balaban J connectivity index is 4.47. The normalized spacial score (nSPS) is 9.50. The van der Waals surface area contributed by atoms with Crippen LogP contribution in [0.1, 0.15) is 6.92 Å². The Morgan fingerprint density at radius 3 is 2.17 bits per heavy atom. The maximum Gasteiger partial charge on any atom is 0.330 e. The first-order valence-electron chi connectivity index (χ1n) is 3.17. The molecule has 0 aromatic rings. The van der Waals surface area contributed by atoms with Crippen LogP contribution < -0.4 is 0 Å². The molecular formula is C8H8O4. The smallest absolute Gasteiger partial charge is 0.330 e. The van der Waals surface area contributed by atoms with Crippen molar-refractivity contribution in [3.8, 4) is 11.8 Å². The van der Waals surface area contributed by atoms with Gasteiger partial charge in [-0.2, -0.15) is 0 Å². The molecule has 0 radical (unpaired) electrons. The summed E-state index contributed by atoms with van der Waals surface area (Å²) in [5, 5.41) is 16.7. The minimum atomic E-state index is -1.64. The van der Waals surface area contributed by atoms with Crippen LogP contribution in [0.5, 0.6) is 0 Å². The van der Waals surface area contributed by atoms with Gasteiger partial charge in [0.1, 0.15) is 0 Å². The van der Waals surface area contributed by atoms with Crippen LogP contribution >= 0.6 is 0 Å². The number of carbonyl (C=O) groups is 2. The predicted octanol–water partition coefficient (Wildman–Crippen LogP) is 0.351. The van der Waals surface area contributed by atoms with Gasteiger partial charge in [-0.15, -0.1) is 0 Å². The van der Waals surface area contributed by atoms with Crippen LogP contribution in [0.4, 0.5) is 0 Å². The highest BCUT2D eigenvalue weighted by atomic mass is 16.4. The molecule has 0 bridgehead atoms. The van der Waals surface area contributed by atoms with E-state index in [1.165, 1.54) is 6.08 Å². The number of aliphatic carboxylic acids is 2. The van der Waals surface area contributed by atoms with E-state index in [9.17, 15) is 9.59 Å². The Bertz CT molecular complexity index is 253. The van der Waals surface area contributed by atoms with Crippen molar-refractivity contribution in [1.29, 1.82) is 0 Å². The van der Waals surface area contributed by atoms with Crippen molar-refractivity contribution in [3.63, 3.8) is 0 Å². The van der Waals surface area contributed by atoms with Crippen molar-refractivity contribution in [2.24, 2.45) is 5.92 Å². The van der Waals surface area contributed by atoms with Crippen LogP contribution in [0.2, 0.25) is 0 Å². The number of hydrogen-bond donors (Lipinski definition) is 2. The minimum Gasteiger partial charge on any atom is -0.480 e. The molecule has 12 heavy (non-hydrogen) atoms. The lowest BCUT2D eigenvalue weighted by Gasteiger charge is -1.95. The minimum absolute atomic E-state index is 1.39. The summed E-state index contributed by atoms with van der Waals surface area (Å²) < 4.78 is 0. The van der Waals surface area contributed by atoms with Crippen molar-refractivity contribution in [3.05, 3.63) is 12.2 Å². The van der Waals surface area contributed by atoms with Gasteiger partial charge in [0.05, 0.1) is 0 Å². The van der Waals surface area contributed by atoms with Gasteiger partial charge in [0, 0.05) is 0 Å². The highest BCUT2D eigenvalue weighted by Gasteiger charge is 2.22. The zero-order valence-electron chi connectivity index (χ0n) is 6.44. The second-order valence-electron chi connectivity index (χ2n) is 1.90. The SMILES string of the molecule is C/C=C/C#CC(C(=O)O)C(=O)O. The summed E-state index contributed by atoms with van der Waals surface area (Å²) in [6.45, 7) is 1.70. The monoisotopic (exact) mass is 168 g/mol. The van der Waals surface area contributed by atoms with E-state index in [-0.39, 0.29) is 0 Å². The Kier molecular flexibility index (Phi) is 4.24. The van der Waals surface area contributed by atoms with Gasteiger partial charge in [-0.3, -0.25) is 9.59 Å². The van der Waals surface area contributed by atoms with Crippen molar-refractivity contribution in [2.45, 2.75) is 6.92 Å². The fourth-order valence-electron chi connectivity index (χ4n) is 0.444. The number of hydrogen-bond acceptors (Lipinski definition) is 2. The fraction of sp³-hybridized carbons (Fsp3) is 0.250. The molecule has 0 saturated carbocycles. The van der Waals surface area contributed by atoms with Gasteiger partial charge in [0.15, 0.2) is 0 Å². The summed E-state index contributed by atoms with van der Waals surface area (Å²) in [5.41, 5.74) is 0. The summed E-state index contributed by atoms with van der Waals surface area (Å²) in [6, 6.07) is 0. The lowest BCUT2D eigenvalue weighted by atomic mass is 10.1. The van der Waals surface area contributed by atoms with Crippen LogP contribution in [-0.2, 0) is 9.59 Å². The van der Waals surface area contributed by atoms with E-state index in [1.54, 1.807) is 13.0 Å². The van der Waals surface area contributed by atoms with Gasteiger partial charge in [0.25, 0.3) is 0 Å². The van der Waals surface area contributed by atoms with Crippen LogP contribution in [-0.4, -0.2) is 22.2 Å². The molecule has 0 saturated heterocycles. The van der Waals surface area contributed by atoms with Crippen molar-refractivity contribution < 1.29 is 19.8 Å². The third-order valence-electron chi connectivity index (χ3n) is 0.972. The van der Waals surface area contributed by atoms with Crippen molar-refractivity contribution >= 4 is 11.9 Å². The molecule has 0 aliphatic carbocycles. The molecule has 0 unspecified atom stereocenters. The predicted molar refractivity (Wildman–Crippen MR) is 41.4 cm³/mol. The molecule has 0 atom stereocenters. The van der Waals surface area contributed by atoms with Gasteiger partial charge in [-0.1, -0.05) is 17.9 Å². The third kappa shape index (κ3) is 3.42. The van der Waals surface area contributed by atoms with Gasteiger partial charge in [0.2, 0.25) is 5.92 Å². The van der Waals surface area contributed by atoms with E-state index >= 15 is 0 Å². The van der Waals surface area contributed by atoms with Gasteiger partial charge >= 0.3 is 11.9 Å². The fourth-order valence-corrected chi connectivity index (χ4v) is 0.444. The summed E-state index contributed by atoms with van der Waals surface area (Å²) in [7, 11) is 0. The quantitative estimate of drug-likeness (QED) is 0.461. The number of carboxylic acid groups (broad SMARTS) is 2. The molecule has 0 aromatic carbocycles. The first-order valence-corrected chi connectivity index (χ1v) is 3.17. The summed E-state index contributed by atoms with van der Waals surface area (Å²) in [6.07, 6.45) is 2.98. The topological polar surface area (TPSA) is 74.6 Å². The molecule has 2 N–H and O–H groups in total. The molecule has 4 nitrogen and oxygen atoms in total. The third-order valence-corrected chi connectivity index (χ3v) is 0.972. The van der Waals surface area contributed by atoms with E-state index in [2.05, 4.69) is 11.8 Å². The molecule has 0 heterocycles. The average Bonchev–Trinajstić information content (AvgIpc) is 1.96. The van der Waals surface area contributed by atoms with Gasteiger partial charge in [-0.25, -0.2) is 0 Å². The van der Waals surface area contributed by atoms with E-state index in [1.807, 2.05) is 0 Å². The molecule has 4 heteroatoms. The van der Waals surface area contributed by atoms with Crippen LogP contribution in [0.3, 0.4) is 0 Å². The molecule has 0 aliphatic rings. The molecule has 0 amide bonds. The Hall–Kier alpha value is -1.76. The van der Waals surface area contributed by atoms with E-state index < -0.39 is 17.9 Å². The van der Waals surface area contributed by atoms with Crippen molar-refractivity contribution in [1.82, 2.24) is 0 Å². The summed E-state index contributed by atoms with van der Waals surface area (Å²) in [5.74, 6) is -0.138. The van der Waals surface area contributed by atoms with E-state index in [0.717, 1.165) is 0 Å². The molecule has 0 aromatic heterocycles. The molecule has 0 fully saturated rings. The van der Waals surface area contributed by atoms with E-state index in [0.29, 0.717) is 0 Å². The maximum absolute atomic E-state index is 10.2. The molecule has 64 valence electrons. The molecule has 0 aliphatic heterocycles. The van der Waals surface area contributed by atoms with Crippen LogP contribution in [0.25, 0.3) is 0 Å². The number of carboxylic acids is 2. The zero-order valence-corrected chi connectivity index (χ0v) is 6.44. The van der Waals surface area contributed by atoms with Gasteiger partial charge < -0.3 is 10.2 Å². The van der Waals surface area contributed by atoms with E-state index in [4.69, 9.17) is 10.2 Å². The van der Waals surface area contributed by atoms with Gasteiger partial charge in [-0.05, 0) is 13.0 Å². The highest BCUT2D eigenvalue weighted by Crippen LogP contribution is 1.93. The molecule has 0 spiro atoms. The molecule has 0 rings (SSSR count). The summed E-state index contributed by atoms with van der Waals surface area (Å²) in [4.78, 5) is 20.5. The second kappa shape index (κ2) is 4.97. The maximum atomic E-state index is 10.2. The Morgan fingerprint density at radius 1 is 1.33 bits per heavy atom. The number of allylic oxidation sites excluding steroid dienone is 2. The van der Waals surface area contributed by atoms with Crippen LogP contribution in [0.15, 0.2) is 12.2 Å². The first-order chi connectivity index (χ1) is 5.59. The summed E-state index contributed by atoms with van der Waals surface area (Å²) >= 11 is 0. The van der Waals surface area contributed by atoms with Crippen LogP contribution in [0, 0.1) is 17.8 Å². The average molecular weight is 168 g/mol. The number of rotatable bonds is 2. The molecular weight excluding hydrogens is 160 g/mol. The second-order valence-corrected chi connectivity index (χ2v) is 1.90. The largest absolute Gasteiger partial charge is 0.480 e. The van der Waals surface area contributed by atoms with Crippen molar-refractivity contribution in [2.75, 3.05) is 0 Å². The highest BCUT2D eigenvalue weighted by molar-refractivity contribution is 5.96. The Labute approximate surface area is 69.5 Å². The standard InChI is InChI=1S/C8H8O4/c1-2-3-4-5-6(7(9)10)8(11)12/h2-3,6H,1H3,(H,9,10)(H,11,12)/b3-2+. The zero-order chi connectivity index (χ0) is 9.56. The Morgan fingerprint density at radius 2 is 1.83 bits per heavy atom. The lowest BCUT2D eigenvalue weighted by Crippen LogP contribution is -2.21.